The van der Waals surface area contributed by atoms with Crippen LogP contribution < -0.4 is 19.6 Å². The molecule has 132 valence electrons. The van der Waals surface area contributed by atoms with Gasteiger partial charge in [0.25, 0.3) is 5.91 Å². The third kappa shape index (κ3) is 4.11. The van der Waals surface area contributed by atoms with E-state index in [9.17, 15) is 15.0 Å². The van der Waals surface area contributed by atoms with Crippen LogP contribution in [0.3, 0.4) is 0 Å². The van der Waals surface area contributed by atoms with Crippen molar-refractivity contribution in [3.63, 3.8) is 0 Å². The van der Waals surface area contributed by atoms with E-state index >= 15 is 0 Å². The van der Waals surface area contributed by atoms with Crippen LogP contribution in [-0.2, 0) is 0 Å². The molecule has 1 amide bonds. The van der Waals surface area contributed by atoms with E-state index < -0.39 is 5.91 Å². The summed E-state index contributed by atoms with van der Waals surface area (Å²) in [6.45, 7) is 0. The molecule has 0 saturated heterocycles. The second kappa shape index (κ2) is 7.91. The number of nitrogens with one attached hydrogen (secondary N) is 1. The number of ether oxygens (including phenoxy) is 3. The fraction of sp³-hybridized carbons (Fsp3) is 0.176. The van der Waals surface area contributed by atoms with Crippen molar-refractivity contribution in [1.82, 2.24) is 5.43 Å². The molecule has 0 spiro atoms. The highest BCUT2D eigenvalue weighted by atomic mass is 16.5. The van der Waals surface area contributed by atoms with E-state index in [0.29, 0.717) is 22.8 Å². The normalized spacial score (nSPS) is 10.5. The van der Waals surface area contributed by atoms with Crippen molar-refractivity contribution in [2.75, 3.05) is 21.3 Å². The number of hydrogen-bond donors (Lipinski definition) is 3. The van der Waals surface area contributed by atoms with E-state index in [1.54, 1.807) is 12.1 Å². The van der Waals surface area contributed by atoms with Crippen LogP contribution >= 0.6 is 0 Å². The average molecular weight is 346 g/mol. The lowest BCUT2D eigenvalue weighted by Gasteiger charge is -2.12. The Morgan fingerprint density at radius 3 is 2.20 bits per heavy atom. The fourth-order valence-corrected chi connectivity index (χ4v) is 2.11. The molecular weight excluding hydrogens is 328 g/mol. The number of rotatable bonds is 6. The van der Waals surface area contributed by atoms with Crippen LogP contribution in [-0.4, -0.2) is 43.7 Å². The zero-order valence-electron chi connectivity index (χ0n) is 13.9. The molecule has 0 aromatic heterocycles. The fourth-order valence-electron chi connectivity index (χ4n) is 2.11. The highest BCUT2D eigenvalue weighted by Crippen LogP contribution is 2.37. The molecule has 0 atom stereocenters. The Hall–Kier alpha value is -3.42. The molecule has 2 aromatic carbocycles. The highest BCUT2D eigenvalue weighted by molar-refractivity contribution is 5.97. The van der Waals surface area contributed by atoms with E-state index in [4.69, 9.17) is 14.2 Å². The van der Waals surface area contributed by atoms with Gasteiger partial charge in [0, 0.05) is 11.6 Å². The average Bonchev–Trinajstić information content (AvgIpc) is 2.60. The quantitative estimate of drug-likeness (QED) is 0.544. The topological polar surface area (TPSA) is 110 Å². The summed E-state index contributed by atoms with van der Waals surface area (Å²) in [6.07, 6.45) is 1.39. The van der Waals surface area contributed by atoms with E-state index in [0.717, 1.165) is 6.07 Å². The van der Waals surface area contributed by atoms with Crippen molar-refractivity contribution in [1.29, 1.82) is 0 Å². The first kappa shape index (κ1) is 17.9. The zero-order chi connectivity index (χ0) is 18.4. The van der Waals surface area contributed by atoms with Gasteiger partial charge in [-0.3, -0.25) is 4.79 Å². The molecule has 8 heteroatoms. The van der Waals surface area contributed by atoms with Crippen LogP contribution in [0.25, 0.3) is 0 Å². The van der Waals surface area contributed by atoms with Gasteiger partial charge in [0.1, 0.15) is 11.5 Å². The Balaban J connectivity index is 2.17. The van der Waals surface area contributed by atoms with Crippen molar-refractivity contribution >= 4 is 12.1 Å². The Morgan fingerprint density at radius 2 is 1.68 bits per heavy atom. The van der Waals surface area contributed by atoms with Gasteiger partial charge in [-0.25, -0.2) is 5.43 Å². The molecule has 25 heavy (non-hydrogen) atoms. The minimum atomic E-state index is -0.624. The van der Waals surface area contributed by atoms with Gasteiger partial charge in [0.2, 0.25) is 5.75 Å². The van der Waals surface area contributed by atoms with Gasteiger partial charge >= 0.3 is 0 Å². The zero-order valence-corrected chi connectivity index (χ0v) is 13.9. The van der Waals surface area contributed by atoms with Crippen LogP contribution in [0.2, 0.25) is 0 Å². The maximum Gasteiger partial charge on any atom is 0.275 e. The largest absolute Gasteiger partial charge is 0.508 e. The standard InChI is InChI=1S/C17H18N2O6/c1-23-14-6-10(7-15(24-2)16(14)25-3)9-18-19-17(22)12-5-4-11(20)8-13(12)21/h4-9,20-21H,1-3H3,(H,19,22)/b18-9-. The first-order valence-corrected chi connectivity index (χ1v) is 7.15. The van der Waals surface area contributed by atoms with Gasteiger partial charge in [-0.05, 0) is 24.3 Å². The Bertz CT molecular complexity index is 779. The molecule has 0 aliphatic carbocycles. The number of nitrogens with zero attached hydrogens (tertiary/aromatic N) is 1. The second-order valence-electron chi connectivity index (χ2n) is 4.86. The van der Waals surface area contributed by atoms with Gasteiger partial charge in [-0.1, -0.05) is 0 Å². The van der Waals surface area contributed by atoms with Crippen LogP contribution in [0, 0.1) is 0 Å². The van der Waals surface area contributed by atoms with Crippen LogP contribution in [0.4, 0.5) is 0 Å². The van der Waals surface area contributed by atoms with Gasteiger partial charge in [-0.15, -0.1) is 0 Å². The minimum absolute atomic E-state index is 0.0140. The lowest BCUT2D eigenvalue weighted by molar-refractivity contribution is 0.0952. The molecule has 0 aliphatic rings. The van der Waals surface area contributed by atoms with Crippen LogP contribution in [0.1, 0.15) is 15.9 Å². The number of benzene rings is 2. The first-order chi connectivity index (χ1) is 12.0. The van der Waals surface area contributed by atoms with Crippen molar-refractivity contribution in [3.8, 4) is 28.7 Å². The van der Waals surface area contributed by atoms with Crippen molar-refractivity contribution in [3.05, 3.63) is 41.5 Å². The van der Waals surface area contributed by atoms with E-state index in [2.05, 4.69) is 10.5 Å². The summed E-state index contributed by atoms with van der Waals surface area (Å²) in [4.78, 5) is 12.0. The van der Waals surface area contributed by atoms with E-state index in [-0.39, 0.29) is 17.1 Å². The molecule has 0 fully saturated rings. The van der Waals surface area contributed by atoms with Gasteiger partial charge in [0.15, 0.2) is 11.5 Å². The number of hydrogen-bond acceptors (Lipinski definition) is 7. The molecule has 2 aromatic rings. The summed E-state index contributed by atoms with van der Waals surface area (Å²) in [7, 11) is 4.49. The van der Waals surface area contributed by atoms with E-state index in [1.807, 2.05) is 0 Å². The van der Waals surface area contributed by atoms with Gasteiger partial charge < -0.3 is 24.4 Å². The third-order valence-corrected chi connectivity index (χ3v) is 3.29. The second-order valence-corrected chi connectivity index (χ2v) is 4.86. The van der Waals surface area contributed by atoms with Crippen LogP contribution in [0.5, 0.6) is 28.7 Å². The summed E-state index contributed by atoms with van der Waals surface area (Å²) in [5.74, 6) is 0.230. The summed E-state index contributed by atoms with van der Waals surface area (Å²) in [5, 5.41) is 22.7. The van der Waals surface area contributed by atoms with Crippen LogP contribution in [0.15, 0.2) is 35.4 Å². The molecule has 0 radical (unpaired) electrons. The number of phenolic OH excluding ortho intramolecular Hbond substituents is 2. The predicted molar refractivity (Wildman–Crippen MR) is 90.9 cm³/mol. The molecule has 0 unspecified atom stereocenters. The summed E-state index contributed by atoms with van der Waals surface area (Å²) < 4.78 is 15.7. The SMILES string of the molecule is COc1cc(/C=N\NC(=O)c2ccc(O)cc2O)cc(OC)c1OC. The lowest BCUT2D eigenvalue weighted by Crippen LogP contribution is -2.17. The smallest absolute Gasteiger partial charge is 0.275 e. The maximum atomic E-state index is 12.0. The predicted octanol–water partition coefficient (Wildman–Crippen LogP) is 1.89. The molecule has 0 bridgehead atoms. The Morgan fingerprint density at radius 1 is 1.04 bits per heavy atom. The molecule has 2 rings (SSSR count). The molecular formula is C17H18N2O6. The maximum absolute atomic E-state index is 12.0. The summed E-state index contributed by atoms with van der Waals surface area (Å²) in [5.41, 5.74) is 2.87. The van der Waals surface area contributed by atoms with Crippen molar-refractivity contribution < 1.29 is 29.2 Å². The number of hydrazone groups is 1. The minimum Gasteiger partial charge on any atom is -0.508 e. The number of aromatic hydroxyl groups is 2. The number of carbonyl (C=O) groups excluding carboxylic acids is 1. The van der Waals surface area contributed by atoms with Crippen molar-refractivity contribution in [2.45, 2.75) is 0 Å². The van der Waals surface area contributed by atoms with Crippen molar-refractivity contribution in [2.24, 2.45) is 5.10 Å². The van der Waals surface area contributed by atoms with Gasteiger partial charge in [-0.2, -0.15) is 5.10 Å². The molecule has 3 N–H and O–H groups in total. The van der Waals surface area contributed by atoms with E-state index in [1.165, 1.54) is 39.7 Å². The molecule has 0 aliphatic heterocycles. The summed E-state index contributed by atoms with van der Waals surface area (Å²) >= 11 is 0. The summed E-state index contributed by atoms with van der Waals surface area (Å²) in [6, 6.07) is 6.97. The Kier molecular flexibility index (Phi) is 5.67. The molecule has 8 nitrogen and oxygen atoms in total. The first-order valence-electron chi connectivity index (χ1n) is 7.15. The highest BCUT2D eigenvalue weighted by Gasteiger charge is 2.13. The number of phenols is 2. The monoisotopic (exact) mass is 346 g/mol. The molecule has 0 heterocycles. The van der Waals surface area contributed by atoms with Gasteiger partial charge in [0.05, 0.1) is 33.1 Å². The third-order valence-electron chi connectivity index (χ3n) is 3.29. The molecule has 0 saturated carbocycles. The number of methoxy groups -OCH3 is 3. The number of carbonyl (C=O) groups is 1. The lowest BCUT2D eigenvalue weighted by atomic mass is 10.2. The number of amides is 1. The Labute approximate surface area is 144 Å².